The van der Waals surface area contributed by atoms with Crippen LogP contribution in [0.15, 0.2) is 18.2 Å². The van der Waals surface area contributed by atoms with E-state index in [0.717, 1.165) is 25.7 Å². The maximum Gasteiger partial charge on any atom is 0.273 e. The van der Waals surface area contributed by atoms with E-state index in [0.29, 0.717) is 11.5 Å². The van der Waals surface area contributed by atoms with Crippen LogP contribution in [0.5, 0.6) is 11.5 Å². The Kier molecular flexibility index (Phi) is 4.27. The third-order valence-electron chi connectivity index (χ3n) is 4.33. The smallest absolute Gasteiger partial charge is 0.273 e. The van der Waals surface area contributed by atoms with Crippen molar-refractivity contribution in [3.8, 4) is 11.5 Å². The van der Waals surface area contributed by atoms with Gasteiger partial charge in [0, 0.05) is 6.07 Å². The van der Waals surface area contributed by atoms with Gasteiger partial charge in [-0.05, 0) is 57.4 Å². The predicted molar refractivity (Wildman–Crippen MR) is 78.9 cm³/mol. The van der Waals surface area contributed by atoms with Crippen LogP contribution in [0.2, 0.25) is 0 Å². The Bertz CT molecular complexity index is 505. The van der Waals surface area contributed by atoms with Gasteiger partial charge in [0.05, 0.1) is 23.2 Å². The number of nitrogens with zero attached hydrogens (tertiary/aromatic N) is 1. The molecule has 0 radical (unpaired) electrons. The molecule has 2 aliphatic carbocycles. The molecule has 0 bridgehead atoms. The standard InChI is InChI=1S/C16H21NO4/c18-17(19)12-9-10-15(20-13-5-1-2-6-13)16(11-12)21-14-7-3-4-8-14/h9-11,13-14H,1-8H2. The minimum Gasteiger partial charge on any atom is -0.487 e. The Morgan fingerprint density at radius 1 is 0.905 bits per heavy atom. The molecule has 1 aromatic carbocycles. The predicted octanol–water partition coefficient (Wildman–Crippen LogP) is 4.24. The van der Waals surface area contributed by atoms with Gasteiger partial charge in [0.15, 0.2) is 11.5 Å². The van der Waals surface area contributed by atoms with Gasteiger partial charge in [-0.25, -0.2) is 0 Å². The summed E-state index contributed by atoms with van der Waals surface area (Å²) < 4.78 is 12.0. The van der Waals surface area contributed by atoms with Gasteiger partial charge in [0.1, 0.15) is 0 Å². The van der Waals surface area contributed by atoms with Gasteiger partial charge in [0.2, 0.25) is 0 Å². The molecular weight excluding hydrogens is 270 g/mol. The Hall–Kier alpha value is -1.78. The SMILES string of the molecule is O=[N+]([O-])c1ccc(OC2CCCC2)c(OC2CCCC2)c1. The Morgan fingerprint density at radius 3 is 1.95 bits per heavy atom. The van der Waals surface area contributed by atoms with E-state index < -0.39 is 0 Å². The molecule has 2 fully saturated rings. The number of hydrogen-bond donors (Lipinski definition) is 0. The molecule has 0 spiro atoms. The van der Waals surface area contributed by atoms with E-state index in [4.69, 9.17) is 9.47 Å². The van der Waals surface area contributed by atoms with Crippen molar-refractivity contribution in [1.82, 2.24) is 0 Å². The molecule has 2 saturated carbocycles. The molecule has 0 aromatic heterocycles. The lowest BCUT2D eigenvalue weighted by Crippen LogP contribution is -2.15. The van der Waals surface area contributed by atoms with Gasteiger partial charge in [0.25, 0.3) is 5.69 Å². The Labute approximate surface area is 124 Å². The number of hydrogen-bond acceptors (Lipinski definition) is 4. The van der Waals surface area contributed by atoms with E-state index in [1.54, 1.807) is 6.07 Å². The van der Waals surface area contributed by atoms with Crippen molar-refractivity contribution in [1.29, 1.82) is 0 Å². The monoisotopic (exact) mass is 291 g/mol. The van der Waals surface area contributed by atoms with Crippen molar-refractivity contribution in [3.05, 3.63) is 28.3 Å². The lowest BCUT2D eigenvalue weighted by molar-refractivity contribution is -0.385. The Balaban J connectivity index is 1.80. The molecular formula is C16H21NO4. The van der Waals surface area contributed by atoms with Crippen LogP contribution >= 0.6 is 0 Å². The molecule has 2 aliphatic rings. The fraction of sp³-hybridized carbons (Fsp3) is 0.625. The summed E-state index contributed by atoms with van der Waals surface area (Å²) >= 11 is 0. The van der Waals surface area contributed by atoms with Crippen LogP contribution in [0.1, 0.15) is 51.4 Å². The molecule has 3 rings (SSSR count). The first-order chi connectivity index (χ1) is 10.2. The highest BCUT2D eigenvalue weighted by Gasteiger charge is 2.23. The van der Waals surface area contributed by atoms with E-state index in [1.807, 2.05) is 0 Å². The lowest BCUT2D eigenvalue weighted by Gasteiger charge is -2.19. The van der Waals surface area contributed by atoms with Crippen LogP contribution in [0.4, 0.5) is 5.69 Å². The maximum atomic E-state index is 11.0. The second-order valence-electron chi connectivity index (χ2n) is 5.94. The molecule has 0 unspecified atom stereocenters. The molecule has 0 aliphatic heterocycles. The first kappa shape index (κ1) is 14.2. The number of rotatable bonds is 5. The molecule has 5 heteroatoms. The van der Waals surface area contributed by atoms with Gasteiger partial charge < -0.3 is 9.47 Å². The number of ether oxygens (including phenoxy) is 2. The van der Waals surface area contributed by atoms with E-state index in [9.17, 15) is 10.1 Å². The van der Waals surface area contributed by atoms with Gasteiger partial charge in [-0.3, -0.25) is 10.1 Å². The van der Waals surface area contributed by atoms with E-state index in [1.165, 1.54) is 37.8 Å². The first-order valence-electron chi connectivity index (χ1n) is 7.84. The number of nitro groups is 1. The minimum absolute atomic E-state index is 0.0572. The molecule has 0 amide bonds. The molecule has 21 heavy (non-hydrogen) atoms. The first-order valence-corrected chi connectivity index (χ1v) is 7.84. The maximum absolute atomic E-state index is 11.0. The summed E-state index contributed by atoms with van der Waals surface area (Å²) in [5, 5.41) is 11.0. The molecule has 5 nitrogen and oxygen atoms in total. The molecule has 1 aromatic rings. The molecule has 114 valence electrons. The highest BCUT2D eigenvalue weighted by atomic mass is 16.6. The highest BCUT2D eigenvalue weighted by molar-refractivity contribution is 5.48. The van der Waals surface area contributed by atoms with Gasteiger partial charge in [-0.2, -0.15) is 0 Å². The minimum atomic E-state index is -0.388. The zero-order valence-electron chi connectivity index (χ0n) is 12.1. The third kappa shape index (κ3) is 3.46. The van der Waals surface area contributed by atoms with Crippen LogP contribution in [-0.4, -0.2) is 17.1 Å². The van der Waals surface area contributed by atoms with Crippen LogP contribution in [0.25, 0.3) is 0 Å². The van der Waals surface area contributed by atoms with E-state index in [-0.39, 0.29) is 22.8 Å². The van der Waals surface area contributed by atoms with Crippen LogP contribution in [0.3, 0.4) is 0 Å². The van der Waals surface area contributed by atoms with E-state index in [2.05, 4.69) is 0 Å². The highest BCUT2D eigenvalue weighted by Crippen LogP contribution is 2.37. The summed E-state index contributed by atoms with van der Waals surface area (Å²) in [5.41, 5.74) is 0.0572. The van der Waals surface area contributed by atoms with Crippen molar-refractivity contribution < 1.29 is 14.4 Å². The van der Waals surface area contributed by atoms with Crippen molar-refractivity contribution in [2.75, 3.05) is 0 Å². The molecule has 0 saturated heterocycles. The number of benzene rings is 1. The zero-order chi connectivity index (χ0) is 14.7. The molecule has 0 N–H and O–H groups in total. The molecule has 0 heterocycles. The zero-order valence-corrected chi connectivity index (χ0v) is 12.1. The van der Waals surface area contributed by atoms with E-state index >= 15 is 0 Å². The summed E-state index contributed by atoms with van der Waals surface area (Å²) in [6.45, 7) is 0. The fourth-order valence-corrected chi connectivity index (χ4v) is 3.17. The average Bonchev–Trinajstić information content (AvgIpc) is 3.14. The summed E-state index contributed by atoms with van der Waals surface area (Å²) in [6.07, 6.45) is 9.25. The summed E-state index contributed by atoms with van der Waals surface area (Å²) in [4.78, 5) is 10.6. The quantitative estimate of drug-likeness (QED) is 0.601. The Morgan fingerprint density at radius 2 is 1.43 bits per heavy atom. The van der Waals surface area contributed by atoms with Crippen molar-refractivity contribution in [3.63, 3.8) is 0 Å². The van der Waals surface area contributed by atoms with Crippen molar-refractivity contribution in [2.45, 2.75) is 63.6 Å². The second-order valence-corrected chi connectivity index (χ2v) is 5.94. The fourth-order valence-electron chi connectivity index (χ4n) is 3.17. The van der Waals surface area contributed by atoms with Gasteiger partial charge >= 0.3 is 0 Å². The second kappa shape index (κ2) is 6.33. The average molecular weight is 291 g/mol. The summed E-state index contributed by atoms with van der Waals surface area (Å²) in [7, 11) is 0. The van der Waals surface area contributed by atoms with Crippen LogP contribution in [-0.2, 0) is 0 Å². The van der Waals surface area contributed by atoms with Gasteiger partial charge in [-0.15, -0.1) is 0 Å². The normalized spacial score (nSPS) is 19.8. The third-order valence-corrected chi connectivity index (χ3v) is 4.33. The lowest BCUT2D eigenvalue weighted by atomic mass is 10.2. The topological polar surface area (TPSA) is 61.6 Å². The number of non-ortho nitro benzene ring substituents is 1. The summed E-state index contributed by atoms with van der Waals surface area (Å²) in [6, 6.07) is 4.68. The van der Waals surface area contributed by atoms with Crippen LogP contribution in [0, 0.1) is 10.1 Å². The van der Waals surface area contributed by atoms with Gasteiger partial charge in [-0.1, -0.05) is 0 Å². The van der Waals surface area contributed by atoms with Crippen LogP contribution < -0.4 is 9.47 Å². The molecule has 0 atom stereocenters. The van der Waals surface area contributed by atoms with Crippen molar-refractivity contribution >= 4 is 5.69 Å². The summed E-state index contributed by atoms with van der Waals surface area (Å²) in [5.74, 6) is 1.18. The van der Waals surface area contributed by atoms with Crippen molar-refractivity contribution in [2.24, 2.45) is 0 Å². The largest absolute Gasteiger partial charge is 0.487 e. The number of nitro benzene ring substituents is 1.